The summed E-state index contributed by atoms with van der Waals surface area (Å²) in [4.78, 5) is 5.34. The first-order valence-corrected chi connectivity index (χ1v) is 15.1. The van der Waals surface area contributed by atoms with Gasteiger partial charge < -0.3 is 10.2 Å². The molecule has 3 aliphatic rings. The van der Waals surface area contributed by atoms with E-state index in [1.54, 1.807) is 5.57 Å². The molecule has 2 unspecified atom stereocenters. The maximum absolute atomic E-state index is 4.10. The number of rotatable bonds is 9. The van der Waals surface area contributed by atoms with Gasteiger partial charge in [-0.05, 0) is 98.2 Å². The van der Waals surface area contributed by atoms with Gasteiger partial charge in [0.1, 0.15) is 0 Å². The topological polar surface area (TPSA) is 18.5 Å². The van der Waals surface area contributed by atoms with Gasteiger partial charge in [0.2, 0.25) is 0 Å². The Hall–Kier alpha value is -2.26. The van der Waals surface area contributed by atoms with Gasteiger partial charge in [-0.25, -0.2) is 0 Å². The monoisotopic (exact) mass is 503 g/mol. The molecule has 204 valence electrons. The summed E-state index contributed by atoms with van der Waals surface area (Å²) in [5.41, 5.74) is 9.87. The Bertz CT molecular complexity index is 975. The molecule has 0 bridgehead atoms. The van der Waals surface area contributed by atoms with Gasteiger partial charge >= 0.3 is 0 Å². The quantitative estimate of drug-likeness (QED) is 0.341. The number of anilines is 1. The summed E-state index contributed by atoms with van der Waals surface area (Å²) < 4.78 is 0. The van der Waals surface area contributed by atoms with Gasteiger partial charge in [-0.15, -0.1) is 0 Å². The van der Waals surface area contributed by atoms with Crippen LogP contribution in [0.15, 0.2) is 65.5 Å². The summed E-state index contributed by atoms with van der Waals surface area (Å²) in [6.45, 7) is 23.3. The van der Waals surface area contributed by atoms with E-state index in [0.29, 0.717) is 11.8 Å². The zero-order valence-corrected chi connectivity index (χ0v) is 24.7. The van der Waals surface area contributed by atoms with Crippen molar-refractivity contribution in [3.63, 3.8) is 0 Å². The molecule has 2 atom stereocenters. The zero-order chi connectivity index (χ0) is 26.8. The predicted octanol–water partition coefficient (Wildman–Crippen LogP) is 8.37. The normalized spacial score (nSPS) is 20.9. The Balaban J connectivity index is 0.00000186. The Morgan fingerprint density at radius 2 is 1.81 bits per heavy atom. The standard InChI is InChI=1S/C32H47N3.C2H6/c1-6-25(3)32-26(4)22-24(2)11-16-31(32)35-20-18-34(19-21-35)17-9-7-8-10-28-13-15-29-14-12-27(5)33-30(29)23-28;1-2/h11,13,15-16,22-25,33H,5-10,12,14,17-21H2,1-4H3;1-2H3. The highest BCUT2D eigenvalue weighted by Gasteiger charge is 2.23. The number of fused-ring (bicyclic) bond motifs is 1. The highest BCUT2D eigenvalue weighted by molar-refractivity contribution is 5.59. The molecule has 37 heavy (non-hydrogen) atoms. The van der Waals surface area contributed by atoms with E-state index < -0.39 is 0 Å². The maximum atomic E-state index is 4.10. The molecule has 2 heterocycles. The van der Waals surface area contributed by atoms with E-state index in [1.807, 2.05) is 13.8 Å². The van der Waals surface area contributed by atoms with Crippen LogP contribution in [0.1, 0.15) is 84.8 Å². The van der Waals surface area contributed by atoms with Crippen LogP contribution in [0.2, 0.25) is 0 Å². The molecule has 0 amide bonds. The zero-order valence-electron chi connectivity index (χ0n) is 24.7. The van der Waals surface area contributed by atoms with Crippen molar-refractivity contribution in [2.75, 3.05) is 38.0 Å². The molecule has 2 aliphatic heterocycles. The Morgan fingerprint density at radius 1 is 1.05 bits per heavy atom. The van der Waals surface area contributed by atoms with Crippen molar-refractivity contribution >= 4 is 5.69 Å². The average Bonchev–Trinajstić information content (AvgIpc) is 3.06. The van der Waals surface area contributed by atoms with Gasteiger partial charge in [0.05, 0.1) is 0 Å². The van der Waals surface area contributed by atoms with Gasteiger partial charge in [-0.1, -0.05) is 71.9 Å². The van der Waals surface area contributed by atoms with Crippen molar-refractivity contribution in [3.8, 4) is 0 Å². The molecule has 1 fully saturated rings. The third kappa shape index (κ3) is 8.11. The molecular formula is C34H53N3. The molecule has 3 heteroatoms. The number of hydrogen-bond donors (Lipinski definition) is 1. The molecule has 0 aromatic heterocycles. The third-order valence-electron chi connectivity index (χ3n) is 8.21. The van der Waals surface area contributed by atoms with Crippen LogP contribution in [0.25, 0.3) is 0 Å². The van der Waals surface area contributed by atoms with Crippen LogP contribution in [0.3, 0.4) is 0 Å². The smallest absolute Gasteiger partial charge is 0.0417 e. The van der Waals surface area contributed by atoms with Gasteiger partial charge in [-0.3, -0.25) is 4.90 Å². The minimum atomic E-state index is 0.518. The van der Waals surface area contributed by atoms with Crippen molar-refractivity contribution in [3.05, 3.63) is 76.7 Å². The first-order chi connectivity index (χ1) is 17.9. The highest BCUT2D eigenvalue weighted by Crippen LogP contribution is 2.32. The van der Waals surface area contributed by atoms with Crippen LogP contribution in [0, 0.1) is 11.8 Å². The fourth-order valence-electron chi connectivity index (χ4n) is 5.90. The van der Waals surface area contributed by atoms with Crippen LogP contribution < -0.4 is 5.32 Å². The van der Waals surface area contributed by atoms with Crippen LogP contribution >= 0.6 is 0 Å². The summed E-state index contributed by atoms with van der Waals surface area (Å²) in [7, 11) is 0. The lowest BCUT2D eigenvalue weighted by Gasteiger charge is -2.38. The van der Waals surface area contributed by atoms with Gasteiger partial charge in [0.25, 0.3) is 0 Å². The molecule has 3 nitrogen and oxygen atoms in total. The molecule has 0 radical (unpaired) electrons. The molecule has 1 saturated heterocycles. The van der Waals surface area contributed by atoms with E-state index in [2.05, 4.69) is 85.8 Å². The lowest BCUT2D eigenvalue weighted by Crippen LogP contribution is -2.46. The second-order valence-corrected chi connectivity index (χ2v) is 11.0. The fraction of sp³-hybridized carbons (Fsp3) is 0.588. The minimum Gasteiger partial charge on any atom is -0.369 e. The van der Waals surface area contributed by atoms with Crippen molar-refractivity contribution in [2.24, 2.45) is 11.8 Å². The van der Waals surface area contributed by atoms with Crippen molar-refractivity contribution in [1.29, 1.82) is 0 Å². The lowest BCUT2D eigenvalue weighted by atomic mass is 9.90. The SMILES string of the molecule is C=C1CCc2ccc(CCCCCN3CCN(C4=C(C(C)CC)C(C)=CC(C)C=C4)CC3)cc2N1.CC. The first kappa shape index (κ1) is 29.3. The summed E-state index contributed by atoms with van der Waals surface area (Å²) in [5.74, 6) is 1.13. The summed E-state index contributed by atoms with van der Waals surface area (Å²) in [5, 5.41) is 3.48. The Morgan fingerprint density at radius 3 is 2.54 bits per heavy atom. The number of aryl methyl sites for hydroxylation is 2. The van der Waals surface area contributed by atoms with Crippen LogP contribution in [0.4, 0.5) is 5.69 Å². The Kier molecular flexibility index (Phi) is 11.6. The number of nitrogens with zero attached hydrogens (tertiary/aromatic N) is 2. The second-order valence-electron chi connectivity index (χ2n) is 11.0. The van der Waals surface area contributed by atoms with Crippen LogP contribution in [-0.4, -0.2) is 42.5 Å². The second kappa shape index (κ2) is 14.6. The number of piperazine rings is 1. The molecule has 4 rings (SSSR count). The maximum Gasteiger partial charge on any atom is 0.0417 e. The summed E-state index contributed by atoms with van der Waals surface area (Å²) in [6, 6.07) is 6.99. The van der Waals surface area contributed by atoms with E-state index in [-0.39, 0.29) is 0 Å². The van der Waals surface area contributed by atoms with Crippen molar-refractivity contribution in [2.45, 2.75) is 86.5 Å². The largest absolute Gasteiger partial charge is 0.369 e. The van der Waals surface area contributed by atoms with Crippen LogP contribution in [0.5, 0.6) is 0 Å². The van der Waals surface area contributed by atoms with Gasteiger partial charge in [-0.2, -0.15) is 0 Å². The summed E-state index contributed by atoms with van der Waals surface area (Å²) in [6.07, 6.45) is 15.7. The number of unbranched alkanes of at least 4 members (excludes halogenated alkanes) is 2. The van der Waals surface area contributed by atoms with E-state index in [0.717, 1.165) is 31.6 Å². The third-order valence-corrected chi connectivity index (χ3v) is 8.21. The van der Waals surface area contributed by atoms with E-state index in [9.17, 15) is 0 Å². The number of hydrogen-bond acceptors (Lipinski definition) is 3. The van der Waals surface area contributed by atoms with Crippen molar-refractivity contribution < 1.29 is 0 Å². The summed E-state index contributed by atoms with van der Waals surface area (Å²) >= 11 is 0. The molecular weight excluding hydrogens is 450 g/mol. The van der Waals surface area contributed by atoms with Crippen molar-refractivity contribution in [1.82, 2.24) is 9.80 Å². The Labute approximate surface area is 228 Å². The van der Waals surface area contributed by atoms with E-state index >= 15 is 0 Å². The van der Waals surface area contributed by atoms with Gasteiger partial charge in [0, 0.05) is 43.3 Å². The molecule has 1 aliphatic carbocycles. The number of benzene rings is 1. The van der Waals surface area contributed by atoms with E-state index in [4.69, 9.17) is 0 Å². The highest BCUT2D eigenvalue weighted by atomic mass is 15.3. The van der Waals surface area contributed by atoms with Crippen LogP contribution in [-0.2, 0) is 12.8 Å². The molecule has 1 N–H and O–H groups in total. The number of nitrogens with one attached hydrogen (secondary N) is 1. The molecule has 1 aromatic rings. The number of allylic oxidation sites excluding steroid dienone is 6. The van der Waals surface area contributed by atoms with E-state index in [1.165, 1.54) is 79.8 Å². The molecule has 0 saturated carbocycles. The van der Waals surface area contributed by atoms with Gasteiger partial charge in [0.15, 0.2) is 0 Å². The lowest BCUT2D eigenvalue weighted by molar-refractivity contribution is 0.158. The predicted molar refractivity (Wildman–Crippen MR) is 163 cm³/mol. The average molecular weight is 504 g/mol. The molecule has 0 spiro atoms. The fourth-order valence-corrected chi connectivity index (χ4v) is 5.90. The minimum absolute atomic E-state index is 0.518. The molecule has 1 aromatic carbocycles. The first-order valence-electron chi connectivity index (χ1n) is 15.1.